The van der Waals surface area contributed by atoms with E-state index in [1.54, 1.807) is 0 Å². The van der Waals surface area contributed by atoms with Gasteiger partial charge >= 0.3 is 37.7 Å². The van der Waals surface area contributed by atoms with Crippen LogP contribution in [0.25, 0.3) is 0 Å². The van der Waals surface area contributed by atoms with E-state index in [-0.39, 0.29) is 46.8 Å². The van der Waals surface area contributed by atoms with Crippen LogP contribution in [0.5, 0.6) is 0 Å². The van der Waals surface area contributed by atoms with Crippen molar-refractivity contribution in [1.82, 2.24) is 4.90 Å². The standard InChI is InChI=1S/C10H23NO.2Li.2H/c1-6-7-10(12)11(8(2)3)9(4)5;;;;/h8-10,12H,6-7H2,1-5H3;;;;/q;2*+1;2*-1. The molecule has 14 heavy (non-hydrogen) atoms. The first-order valence-corrected chi connectivity index (χ1v) is 4.96. The zero-order valence-electron chi connectivity index (χ0n) is 13.0. The van der Waals surface area contributed by atoms with Crippen LogP contribution in [0.15, 0.2) is 0 Å². The van der Waals surface area contributed by atoms with Crippen LogP contribution in [-0.4, -0.2) is 28.3 Å². The maximum Gasteiger partial charge on any atom is 1.00 e. The fourth-order valence-corrected chi connectivity index (χ4v) is 1.69. The third-order valence-corrected chi connectivity index (χ3v) is 2.08. The van der Waals surface area contributed by atoms with E-state index in [2.05, 4.69) is 39.5 Å². The predicted molar refractivity (Wildman–Crippen MR) is 55.2 cm³/mol. The summed E-state index contributed by atoms with van der Waals surface area (Å²) >= 11 is 0. The molecular weight excluding hydrogens is 164 g/mol. The second-order valence-electron chi connectivity index (χ2n) is 3.90. The molecular formula is C10H25Li2NO. The monoisotopic (exact) mass is 189 g/mol. The van der Waals surface area contributed by atoms with Gasteiger partial charge in [0.25, 0.3) is 0 Å². The van der Waals surface area contributed by atoms with Crippen molar-refractivity contribution >= 4 is 0 Å². The molecule has 0 saturated heterocycles. The molecule has 0 bridgehead atoms. The van der Waals surface area contributed by atoms with Crippen molar-refractivity contribution in [2.24, 2.45) is 0 Å². The van der Waals surface area contributed by atoms with Crippen molar-refractivity contribution in [3.8, 4) is 0 Å². The van der Waals surface area contributed by atoms with E-state index in [0.717, 1.165) is 12.8 Å². The summed E-state index contributed by atoms with van der Waals surface area (Å²) in [7, 11) is 0. The summed E-state index contributed by atoms with van der Waals surface area (Å²) in [5, 5.41) is 9.78. The first-order valence-electron chi connectivity index (χ1n) is 4.96. The zero-order valence-corrected chi connectivity index (χ0v) is 11.0. The maximum absolute atomic E-state index is 9.78. The Morgan fingerprint density at radius 2 is 1.43 bits per heavy atom. The Balaban J connectivity index is -0.000000101. The Morgan fingerprint density at radius 1 is 1.07 bits per heavy atom. The minimum absolute atomic E-state index is 0. The van der Waals surface area contributed by atoms with E-state index in [1.807, 2.05) is 0 Å². The smallest absolute Gasteiger partial charge is 1.00 e. The first kappa shape index (κ1) is 20.5. The van der Waals surface area contributed by atoms with Crippen molar-refractivity contribution in [1.29, 1.82) is 0 Å². The molecule has 0 amide bonds. The summed E-state index contributed by atoms with van der Waals surface area (Å²) in [6, 6.07) is 0.845. The second-order valence-corrected chi connectivity index (χ2v) is 3.90. The molecule has 1 unspecified atom stereocenters. The largest absolute Gasteiger partial charge is 1.00 e. The van der Waals surface area contributed by atoms with Crippen LogP contribution in [0.3, 0.4) is 0 Å². The topological polar surface area (TPSA) is 23.5 Å². The molecule has 0 fully saturated rings. The normalized spacial score (nSPS) is 12.6. The summed E-state index contributed by atoms with van der Waals surface area (Å²) in [5.74, 6) is 0. The van der Waals surface area contributed by atoms with Crippen molar-refractivity contribution in [2.75, 3.05) is 0 Å². The molecule has 0 heterocycles. The predicted octanol–water partition coefficient (Wildman–Crippen LogP) is -3.54. The van der Waals surface area contributed by atoms with Gasteiger partial charge in [-0.25, -0.2) is 0 Å². The van der Waals surface area contributed by atoms with E-state index in [4.69, 9.17) is 0 Å². The van der Waals surface area contributed by atoms with Crippen LogP contribution < -0.4 is 37.7 Å². The van der Waals surface area contributed by atoms with Crippen LogP contribution in [0, 0.1) is 0 Å². The molecule has 0 spiro atoms. The molecule has 0 aromatic heterocycles. The van der Waals surface area contributed by atoms with Gasteiger partial charge in [-0.3, -0.25) is 4.90 Å². The molecule has 1 atom stereocenters. The van der Waals surface area contributed by atoms with E-state index < -0.39 is 0 Å². The number of hydrogen-bond donors (Lipinski definition) is 1. The molecule has 1 N–H and O–H groups in total. The van der Waals surface area contributed by atoms with Crippen molar-refractivity contribution in [3.63, 3.8) is 0 Å². The first-order chi connectivity index (χ1) is 5.50. The molecule has 0 radical (unpaired) electrons. The number of rotatable bonds is 5. The molecule has 4 heteroatoms. The quantitative estimate of drug-likeness (QED) is 0.358. The van der Waals surface area contributed by atoms with Gasteiger partial charge < -0.3 is 7.96 Å². The molecule has 0 aromatic carbocycles. The molecule has 0 aliphatic rings. The third kappa shape index (κ3) is 7.41. The Bertz CT molecular complexity index is 121. The van der Waals surface area contributed by atoms with Gasteiger partial charge in [0.1, 0.15) is 6.23 Å². The van der Waals surface area contributed by atoms with Gasteiger partial charge in [-0.1, -0.05) is 13.3 Å². The van der Waals surface area contributed by atoms with Gasteiger partial charge in [0.05, 0.1) is 0 Å². The number of hydrogen-bond acceptors (Lipinski definition) is 2. The second kappa shape index (κ2) is 10.6. The summed E-state index contributed by atoms with van der Waals surface area (Å²) < 4.78 is 0. The fourth-order valence-electron chi connectivity index (χ4n) is 1.69. The average Bonchev–Trinajstić information content (AvgIpc) is 1.85. The number of nitrogens with zero attached hydrogens (tertiary/aromatic N) is 1. The zero-order chi connectivity index (χ0) is 9.72. The van der Waals surface area contributed by atoms with Crippen LogP contribution in [-0.2, 0) is 0 Å². The summed E-state index contributed by atoms with van der Waals surface area (Å²) in [5.41, 5.74) is 0. The summed E-state index contributed by atoms with van der Waals surface area (Å²) in [6.07, 6.45) is 1.64. The molecule has 0 aliphatic carbocycles. The van der Waals surface area contributed by atoms with Gasteiger partial charge in [-0.2, -0.15) is 0 Å². The molecule has 78 valence electrons. The summed E-state index contributed by atoms with van der Waals surface area (Å²) in [6.45, 7) is 10.6. The molecule has 0 rings (SSSR count). The van der Waals surface area contributed by atoms with Crippen LogP contribution in [0.1, 0.15) is 50.3 Å². The number of aliphatic hydroxyl groups is 1. The average molecular weight is 189 g/mol. The Labute approximate surface area is 116 Å². The maximum atomic E-state index is 9.78. The molecule has 0 aliphatic heterocycles. The Kier molecular flexibility index (Phi) is 15.6. The van der Waals surface area contributed by atoms with Gasteiger partial charge in [0, 0.05) is 12.1 Å². The SMILES string of the molecule is CCCC(O)N(C(C)C)C(C)C.[H-].[H-].[Li+].[Li+]. The van der Waals surface area contributed by atoms with Crippen molar-refractivity contribution in [2.45, 2.75) is 65.8 Å². The van der Waals surface area contributed by atoms with E-state index >= 15 is 0 Å². The van der Waals surface area contributed by atoms with Gasteiger partial charge in [0.15, 0.2) is 0 Å². The Morgan fingerprint density at radius 3 is 1.64 bits per heavy atom. The molecule has 2 nitrogen and oxygen atoms in total. The van der Waals surface area contributed by atoms with Gasteiger partial charge in [-0.15, -0.1) is 0 Å². The van der Waals surface area contributed by atoms with Gasteiger partial charge in [0.2, 0.25) is 0 Å². The minimum Gasteiger partial charge on any atom is -1.00 e. The van der Waals surface area contributed by atoms with Crippen molar-refractivity contribution in [3.05, 3.63) is 0 Å². The van der Waals surface area contributed by atoms with E-state index in [1.165, 1.54) is 0 Å². The van der Waals surface area contributed by atoms with E-state index in [9.17, 15) is 5.11 Å². The Hall–Kier alpha value is 1.11. The summed E-state index contributed by atoms with van der Waals surface area (Å²) in [4.78, 5) is 2.14. The van der Waals surface area contributed by atoms with Crippen LogP contribution >= 0.6 is 0 Å². The minimum atomic E-state index is -0.269. The molecule has 0 saturated carbocycles. The fraction of sp³-hybridized carbons (Fsp3) is 1.00. The van der Waals surface area contributed by atoms with Gasteiger partial charge in [-0.05, 0) is 34.1 Å². The van der Waals surface area contributed by atoms with Crippen molar-refractivity contribution < 1.29 is 45.7 Å². The van der Waals surface area contributed by atoms with Crippen LogP contribution in [0.2, 0.25) is 0 Å². The van der Waals surface area contributed by atoms with Crippen LogP contribution in [0.4, 0.5) is 0 Å². The van der Waals surface area contributed by atoms with E-state index in [0.29, 0.717) is 12.1 Å². The number of aliphatic hydroxyl groups excluding tert-OH is 1. The molecule has 0 aromatic rings. The third-order valence-electron chi connectivity index (χ3n) is 2.08.